The number of unbranched alkanes of at least 4 members (excludes halogenated alkanes) is 3. The summed E-state index contributed by atoms with van der Waals surface area (Å²) < 4.78 is 6.00. The van der Waals surface area contributed by atoms with Gasteiger partial charge in [0.2, 0.25) is 0 Å². The zero-order chi connectivity index (χ0) is 15.6. The van der Waals surface area contributed by atoms with Crippen LogP contribution in [0, 0.1) is 0 Å². The van der Waals surface area contributed by atoms with Gasteiger partial charge in [-0.2, -0.15) is 0 Å². The molecule has 0 aliphatic carbocycles. The third-order valence-corrected chi connectivity index (χ3v) is 20.3. The molecule has 118 valence electrons. The summed E-state index contributed by atoms with van der Waals surface area (Å²) in [6.07, 6.45) is 9.01. The van der Waals surface area contributed by atoms with Crippen molar-refractivity contribution in [3.05, 3.63) is 29.8 Å². The van der Waals surface area contributed by atoms with E-state index in [0.29, 0.717) is 0 Å². The molecule has 0 N–H and O–H groups in total. The molecule has 0 aliphatic heterocycles. The molecule has 2 heteroatoms. The molecule has 21 heavy (non-hydrogen) atoms. The molecule has 0 saturated heterocycles. The van der Waals surface area contributed by atoms with Crippen LogP contribution in [0.2, 0.25) is 13.3 Å². The molecule has 0 spiro atoms. The quantitative estimate of drug-likeness (QED) is 0.355. The van der Waals surface area contributed by atoms with Crippen LogP contribution in [0.15, 0.2) is 24.3 Å². The minimum atomic E-state index is -2.32. The van der Waals surface area contributed by atoms with Crippen molar-refractivity contribution < 1.29 is 4.79 Å². The number of aldehydes is 1. The van der Waals surface area contributed by atoms with Crippen molar-refractivity contribution in [3.63, 3.8) is 0 Å². The average molecular weight is 395 g/mol. The minimum absolute atomic E-state index is 0.873. The Kier molecular flexibility index (Phi) is 9.30. The zero-order valence-corrected chi connectivity index (χ0v) is 17.0. The fourth-order valence-electron chi connectivity index (χ4n) is 3.30. The maximum atomic E-state index is 11.2. The first kappa shape index (κ1) is 18.7. The van der Waals surface area contributed by atoms with E-state index in [2.05, 4.69) is 39.0 Å². The van der Waals surface area contributed by atoms with E-state index in [1.807, 2.05) is 6.07 Å². The van der Waals surface area contributed by atoms with E-state index in [9.17, 15) is 4.79 Å². The Balaban J connectivity index is 3.11. The third-order valence-electron chi connectivity index (χ3n) is 4.66. The number of carbonyl (C=O) groups is 1. The van der Waals surface area contributed by atoms with Crippen LogP contribution in [-0.2, 0) is 0 Å². The predicted molar refractivity (Wildman–Crippen MR) is 96.4 cm³/mol. The van der Waals surface area contributed by atoms with Gasteiger partial charge in [0.15, 0.2) is 0 Å². The van der Waals surface area contributed by atoms with E-state index in [-0.39, 0.29) is 0 Å². The molecule has 0 bridgehead atoms. The average Bonchev–Trinajstić information content (AvgIpc) is 2.54. The normalized spacial score (nSPS) is 11.6. The fourth-order valence-corrected chi connectivity index (χ4v) is 19.4. The summed E-state index contributed by atoms with van der Waals surface area (Å²) in [4.78, 5) is 11.2. The third kappa shape index (κ3) is 5.77. The number of carbonyl (C=O) groups excluding carboxylic acids is 1. The van der Waals surface area contributed by atoms with Crippen LogP contribution in [0.25, 0.3) is 0 Å². The predicted octanol–water partition coefficient (Wildman–Crippen LogP) is 5.56. The summed E-state index contributed by atoms with van der Waals surface area (Å²) in [5.41, 5.74) is 0.873. The van der Waals surface area contributed by atoms with E-state index in [0.717, 1.165) is 11.8 Å². The Morgan fingerprint density at radius 2 is 1.43 bits per heavy atom. The Bertz CT molecular complexity index is 392. The van der Waals surface area contributed by atoms with Gasteiger partial charge in [-0.25, -0.2) is 0 Å². The SMILES string of the molecule is CCC[CH2][Sn]([CH2]CCC)([CH2]CCC)[c]1cccc(C=O)c1. The Labute approximate surface area is 135 Å². The zero-order valence-electron chi connectivity index (χ0n) is 14.2. The van der Waals surface area contributed by atoms with Gasteiger partial charge in [-0.05, 0) is 0 Å². The van der Waals surface area contributed by atoms with Gasteiger partial charge in [0.1, 0.15) is 0 Å². The summed E-state index contributed by atoms with van der Waals surface area (Å²) in [5, 5.41) is 0. The van der Waals surface area contributed by atoms with Gasteiger partial charge in [-0.3, -0.25) is 0 Å². The molecule has 0 heterocycles. The number of hydrogen-bond acceptors (Lipinski definition) is 1. The van der Waals surface area contributed by atoms with Gasteiger partial charge in [-0.15, -0.1) is 0 Å². The first-order chi connectivity index (χ1) is 10.2. The van der Waals surface area contributed by atoms with Crippen LogP contribution in [-0.4, -0.2) is 24.7 Å². The molecular weight excluding hydrogens is 363 g/mol. The molecule has 0 radical (unpaired) electrons. The molecule has 0 saturated carbocycles. The van der Waals surface area contributed by atoms with Crippen LogP contribution < -0.4 is 3.58 Å². The van der Waals surface area contributed by atoms with Crippen LogP contribution in [0.5, 0.6) is 0 Å². The van der Waals surface area contributed by atoms with Gasteiger partial charge in [-0.1, -0.05) is 0 Å². The van der Waals surface area contributed by atoms with Crippen molar-refractivity contribution >= 4 is 28.2 Å². The fraction of sp³-hybridized carbons (Fsp3) is 0.632. The van der Waals surface area contributed by atoms with Crippen LogP contribution in [0.3, 0.4) is 0 Å². The van der Waals surface area contributed by atoms with E-state index >= 15 is 0 Å². The van der Waals surface area contributed by atoms with Crippen molar-refractivity contribution in [1.29, 1.82) is 0 Å². The van der Waals surface area contributed by atoms with Gasteiger partial charge >= 0.3 is 135 Å². The summed E-state index contributed by atoms with van der Waals surface area (Å²) in [7, 11) is 0. The molecule has 1 aromatic carbocycles. The molecule has 1 aromatic rings. The first-order valence-corrected chi connectivity index (χ1v) is 16.3. The van der Waals surface area contributed by atoms with E-state index in [4.69, 9.17) is 0 Å². The van der Waals surface area contributed by atoms with Crippen molar-refractivity contribution in [3.8, 4) is 0 Å². The van der Waals surface area contributed by atoms with E-state index in [1.54, 1.807) is 3.58 Å². The summed E-state index contributed by atoms with van der Waals surface area (Å²) in [5.74, 6) is 0. The summed E-state index contributed by atoms with van der Waals surface area (Å²) in [6, 6.07) is 8.62. The molecule has 1 nitrogen and oxygen atoms in total. The van der Waals surface area contributed by atoms with E-state index < -0.39 is 18.4 Å². The molecule has 1 rings (SSSR count). The Hall–Kier alpha value is -0.311. The van der Waals surface area contributed by atoms with Crippen LogP contribution >= 0.6 is 0 Å². The van der Waals surface area contributed by atoms with E-state index in [1.165, 1.54) is 51.8 Å². The van der Waals surface area contributed by atoms with Crippen LogP contribution in [0.1, 0.15) is 69.7 Å². The molecule has 0 atom stereocenters. The van der Waals surface area contributed by atoms with Crippen molar-refractivity contribution in [2.75, 3.05) is 0 Å². The summed E-state index contributed by atoms with van der Waals surface area (Å²) in [6.45, 7) is 6.91. The molecule has 0 fully saturated rings. The van der Waals surface area contributed by atoms with Crippen molar-refractivity contribution in [2.45, 2.75) is 72.6 Å². The van der Waals surface area contributed by atoms with Crippen molar-refractivity contribution in [1.82, 2.24) is 0 Å². The topological polar surface area (TPSA) is 17.1 Å². The number of hydrogen-bond donors (Lipinski definition) is 0. The second-order valence-electron chi connectivity index (χ2n) is 6.33. The molecule has 0 amide bonds. The van der Waals surface area contributed by atoms with Crippen LogP contribution in [0.4, 0.5) is 0 Å². The molecular formula is C19H32OSn. The van der Waals surface area contributed by atoms with Gasteiger partial charge < -0.3 is 0 Å². The molecule has 0 unspecified atom stereocenters. The second kappa shape index (κ2) is 10.4. The number of rotatable bonds is 11. The van der Waals surface area contributed by atoms with Gasteiger partial charge in [0.05, 0.1) is 0 Å². The summed E-state index contributed by atoms with van der Waals surface area (Å²) >= 11 is -2.32. The Morgan fingerprint density at radius 3 is 1.86 bits per heavy atom. The Morgan fingerprint density at radius 1 is 0.905 bits per heavy atom. The first-order valence-electron chi connectivity index (χ1n) is 8.78. The second-order valence-corrected chi connectivity index (χ2v) is 19.6. The van der Waals surface area contributed by atoms with Gasteiger partial charge in [0, 0.05) is 0 Å². The monoisotopic (exact) mass is 396 g/mol. The maximum absolute atomic E-state index is 11.2. The number of benzene rings is 1. The van der Waals surface area contributed by atoms with Gasteiger partial charge in [0.25, 0.3) is 0 Å². The standard InChI is InChI=1S/C7H5O.3C4H9.Sn/c8-6-7-4-2-1-3-5-7;3*1-3-4-2;/h1-2,4-6H;3*1,3-4H2,2H3;. The molecule has 0 aliphatic rings. The van der Waals surface area contributed by atoms with Crippen molar-refractivity contribution in [2.24, 2.45) is 0 Å². The molecule has 0 aromatic heterocycles.